The van der Waals surface area contributed by atoms with Gasteiger partial charge >= 0.3 is 5.97 Å². The molecule has 0 heterocycles. The molecule has 0 aliphatic carbocycles. The number of carboxylic acid groups (broad SMARTS) is 1. The summed E-state index contributed by atoms with van der Waals surface area (Å²) >= 11 is 5.86. The smallest absolute Gasteiger partial charge is 0.321 e. The Morgan fingerprint density at radius 3 is 2.08 bits per heavy atom. The lowest BCUT2D eigenvalue weighted by Crippen LogP contribution is -2.40. The van der Waals surface area contributed by atoms with Gasteiger partial charge in [-0.1, -0.05) is 42.3 Å². The fraction of sp³-hybridized carbons (Fsp3) is 0.278. The molecule has 140 valence electrons. The van der Waals surface area contributed by atoms with Crippen LogP contribution < -0.4 is 10.5 Å². The van der Waals surface area contributed by atoms with Crippen LogP contribution in [0.15, 0.2) is 53.4 Å². The molecule has 0 aliphatic heterocycles. The number of nitrogens with one attached hydrogen (secondary N) is 1. The van der Waals surface area contributed by atoms with Crippen molar-refractivity contribution in [1.82, 2.24) is 4.72 Å². The zero-order valence-corrected chi connectivity index (χ0v) is 15.6. The molecule has 0 saturated heterocycles. The molecule has 0 amide bonds. The van der Waals surface area contributed by atoms with Gasteiger partial charge in [0.05, 0.1) is 4.90 Å². The standard InChI is InChI=1S/C18H21ClN2O4S/c19-15-8-4-13(5-9-15)14-6-10-16(11-7-14)26(24,25)21-17(18(22)23)3-1-2-12-20/h4-11,17,21H,1-3,12,20H2,(H,22,23). The van der Waals surface area contributed by atoms with Crippen molar-refractivity contribution in [3.05, 3.63) is 53.6 Å². The highest BCUT2D eigenvalue weighted by molar-refractivity contribution is 7.89. The first-order valence-electron chi connectivity index (χ1n) is 8.14. The molecule has 0 radical (unpaired) electrons. The van der Waals surface area contributed by atoms with E-state index in [1.54, 1.807) is 24.3 Å². The molecule has 0 fully saturated rings. The van der Waals surface area contributed by atoms with Crippen molar-refractivity contribution < 1.29 is 18.3 Å². The van der Waals surface area contributed by atoms with E-state index in [0.717, 1.165) is 11.1 Å². The summed E-state index contributed by atoms with van der Waals surface area (Å²) in [5, 5.41) is 9.85. The van der Waals surface area contributed by atoms with E-state index in [4.69, 9.17) is 17.3 Å². The summed E-state index contributed by atoms with van der Waals surface area (Å²) in [7, 11) is -3.93. The van der Waals surface area contributed by atoms with Crippen LogP contribution in [0.2, 0.25) is 5.02 Å². The molecule has 0 aromatic heterocycles. The summed E-state index contributed by atoms with van der Waals surface area (Å²) in [6.07, 6.45) is 1.36. The average Bonchev–Trinajstić information content (AvgIpc) is 2.61. The minimum atomic E-state index is -3.93. The van der Waals surface area contributed by atoms with Crippen molar-refractivity contribution in [1.29, 1.82) is 0 Å². The summed E-state index contributed by atoms with van der Waals surface area (Å²) in [5.41, 5.74) is 7.12. The molecule has 0 aliphatic rings. The van der Waals surface area contributed by atoms with E-state index in [1.807, 2.05) is 12.1 Å². The molecule has 2 aromatic carbocycles. The maximum absolute atomic E-state index is 12.5. The van der Waals surface area contributed by atoms with Gasteiger partial charge in [0.15, 0.2) is 0 Å². The van der Waals surface area contributed by atoms with Gasteiger partial charge < -0.3 is 10.8 Å². The number of rotatable bonds is 9. The van der Waals surface area contributed by atoms with Crippen molar-refractivity contribution in [2.45, 2.75) is 30.2 Å². The molecular formula is C18H21ClN2O4S. The Hall–Kier alpha value is -1.93. The van der Waals surface area contributed by atoms with Gasteiger partial charge in [0.2, 0.25) is 10.0 Å². The second-order valence-corrected chi connectivity index (χ2v) is 7.98. The fourth-order valence-corrected chi connectivity index (χ4v) is 3.80. The van der Waals surface area contributed by atoms with E-state index < -0.39 is 22.0 Å². The van der Waals surface area contributed by atoms with E-state index in [-0.39, 0.29) is 11.3 Å². The summed E-state index contributed by atoms with van der Waals surface area (Å²) in [6.45, 7) is 0.436. The Morgan fingerprint density at radius 2 is 1.58 bits per heavy atom. The molecule has 2 rings (SSSR count). The van der Waals surface area contributed by atoms with Gasteiger partial charge in [-0.05, 0) is 54.8 Å². The number of aliphatic carboxylic acids is 1. The Morgan fingerprint density at radius 1 is 1.04 bits per heavy atom. The number of hydrogen-bond donors (Lipinski definition) is 3. The van der Waals surface area contributed by atoms with Gasteiger partial charge in [0.1, 0.15) is 6.04 Å². The van der Waals surface area contributed by atoms with E-state index in [0.29, 0.717) is 24.4 Å². The quantitative estimate of drug-likeness (QED) is 0.564. The Balaban J connectivity index is 2.14. The summed E-state index contributed by atoms with van der Waals surface area (Å²) in [5.74, 6) is -1.21. The van der Waals surface area contributed by atoms with E-state index >= 15 is 0 Å². The van der Waals surface area contributed by atoms with Crippen LogP contribution in [0.1, 0.15) is 19.3 Å². The number of halogens is 1. The minimum absolute atomic E-state index is 0.0142. The van der Waals surface area contributed by atoms with Crippen molar-refractivity contribution >= 4 is 27.6 Å². The highest BCUT2D eigenvalue weighted by Crippen LogP contribution is 2.23. The first-order chi connectivity index (χ1) is 12.3. The lowest BCUT2D eigenvalue weighted by Gasteiger charge is -2.15. The van der Waals surface area contributed by atoms with Crippen LogP contribution in [0.5, 0.6) is 0 Å². The van der Waals surface area contributed by atoms with Crippen molar-refractivity contribution in [2.75, 3.05) is 6.54 Å². The van der Waals surface area contributed by atoms with Gasteiger partial charge in [-0.25, -0.2) is 8.42 Å². The molecular weight excluding hydrogens is 376 g/mol. The van der Waals surface area contributed by atoms with E-state index in [2.05, 4.69) is 4.72 Å². The number of carboxylic acids is 1. The predicted octanol–water partition coefficient (Wildman–Crippen LogP) is 2.87. The Bertz CT molecular complexity index is 836. The normalized spacial score (nSPS) is 12.7. The van der Waals surface area contributed by atoms with Crippen LogP contribution in [0.3, 0.4) is 0 Å². The largest absolute Gasteiger partial charge is 0.480 e. The SMILES string of the molecule is NCCCCC(NS(=O)(=O)c1ccc(-c2ccc(Cl)cc2)cc1)C(=O)O. The third-order valence-corrected chi connectivity index (χ3v) is 5.62. The fourth-order valence-electron chi connectivity index (χ4n) is 2.45. The van der Waals surface area contributed by atoms with Gasteiger partial charge in [0.25, 0.3) is 0 Å². The molecule has 26 heavy (non-hydrogen) atoms. The summed E-state index contributed by atoms with van der Waals surface area (Å²) in [6, 6.07) is 12.2. The van der Waals surface area contributed by atoms with Gasteiger partial charge in [-0.3, -0.25) is 4.79 Å². The minimum Gasteiger partial charge on any atom is -0.480 e. The first kappa shape index (κ1) is 20.4. The topological polar surface area (TPSA) is 109 Å². The molecule has 0 bridgehead atoms. The number of sulfonamides is 1. The average molecular weight is 397 g/mol. The third-order valence-electron chi connectivity index (χ3n) is 3.88. The highest BCUT2D eigenvalue weighted by atomic mass is 35.5. The second kappa shape index (κ2) is 9.14. The van der Waals surface area contributed by atoms with E-state index in [1.165, 1.54) is 12.1 Å². The maximum atomic E-state index is 12.5. The van der Waals surface area contributed by atoms with Crippen molar-refractivity contribution in [2.24, 2.45) is 5.73 Å². The maximum Gasteiger partial charge on any atom is 0.321 e. The molecule has 2 aromatic rings. The van der Waals surface area contributed by atoms with Crippen LogP contribution in [0, 0.1) is 0 Å². The lowest BCUT2D eigenvalue weighted by atomic mass is 10.1. The number of hydrogen-bond acceptors (Lipinski definition) is 4. The highest BCUT2D eigenvalue weighted by Gasteiger charge is 2.24. The van der Waals surface area contributed by atoms with Gasteiger partial charge in [-0.2, -0.15) is 4.72 Å². The Kier molecular flexibility index (Phi) is 7.16. The Labute approximate surface area is 158 Å². The second-order valence-electron chi connectivity index (χ2n) is 5.83. The molecule has 4 N–H and O–H groups in total. The van der Waals surface area contributed by atoms with Crippen LogP contribution in [-0.4, -0.2) is 32.1 Å². The van der Waals surface area contributed by atoms with Gasteiger partial charge in [-0.15, -0.1) is 0 Å². The number of nitrogens with two attached hydrogens (primary N) is 1. The van der Waals surface area contributed by atoms with Crippen LogP contribution in [0.25, 0.3) is 11.1 Å². The van der Waals surface area contributed by atoms with Crippen LogP contribution in [0.4, 0.5) is 0 Å². The lowest BCUT2D eigenvalue weighted by molar-refractivity contribution is -0.139. The molecule has 8 heteroatoms. The number of benzene rings is 2. The zero-order chi connectivity index (χ0) is 19.2. The number of carbonyl (C=O) groups is 1. The first-order valence-corrected chi connectivity index (χ1v) is 10.0. The third kappa shape index (κ3) is 5.54. The molecule has 1 unspecified atom stereocenters. The van der Waals surface area contributed by atoms with Crippen LogP contribution >= 0.6 is 11.6 Å². The molecule has 6 nitrogen and oxygen atoms in total. The van der Waals surface area contributed by atoms with Crippen molar-refractivity contribution in [3.63, 3.8) is 0 Å². The molecule has 0 saturated carbocycles. The molecule has 0 spiro atoms. The summed E-state index contributed by atoms with van der Waals surface area (Å²) < 4.78 is 27.2. The zero-order valence-electron chi connectivity index (χ0n) is 14.1. The molecule has 1 atom stereocenters. The van der Waals surface area contributed by atoms with Gasteiger partial charge in [0, 0.05) is 5.02 Å². The van der Waals surface area contributed by atoms with Crippen LogP contribution in [-0.2, 0) is 14.8 Å². The van der Waals surface area contributed by atoms with Crippen molar-refractivity contribution in [3.8, 4) is 11.1 Å². The monoisotopic (exact) mass is 396 g/mol. The van der Waals surface area contributed by atoms with E-state index in [9.17, 15) is 18.3 Å². The number of unbranched alkanes of at least 4 members (excludes halogenated alkanes) is 1. The predicted molar refractivity (Wildman–Crippen MR) is 102 cm³/mol. The summed E-state index contributed by atoms with van der Waals surface area (Å²) in [4.78, 5) is 11.3.